The number of hydrogen-bond donors (Lipinski definition) is 0. The van der Waals surface area contributed by atoms with Gasteiger partial charge in [-0.15, -0.1) is 0 Å². The number of ether oxygens (including phenoxy) is 3. The number of carbonyl (C=O) groups excluding carboxylic acids is 2. The van der Waals surface area contributed by atoms with Gasteiger partial charge in [-0.25, -0.2) is 9.59 Å². The van der Waals surface area contributed by atoms with E-state index in [9.17, 15) is 9.59 Å². The summed E-state index contributed by atoms with van der Waals surface area (Å²) in [6.45, 7) is 9.25. The molecule has 1 aliphatic rings. The lowest BCUT2D eigenvalue weighted by atomic mass is 10.1. The van der Waals surface area contributed by atoms with Gasteiger partial charge in [-0.1, -0.05) is 51.5 Å². The maximum atomic E-state index is 11.5. The van der Waals surface area contributed by atoms with Gasteiger partial charge in [0.2, 0.25) is 6.29 Å². The predicted molar refractivity (Wildman–Crippen MR) is 98.5 cm³/mol. The molecule has 1 aromatic carbocycles. The van der Waals surface area contributed by atoms with Crippen LogP contribution >= 0.6 is 0 Å². The summed E-state index contributed by atoms with van der Waals surface area (Å²) < 4.78 is 16.4. The lowest BCUT2D eigenvalue weighted by Gasteiger charge is -2.19. The summed E-state index contributed by atoms with van der Waals surface area (Å²) in [4.78, 5) is 23.0. The first-order chi connectivity index (χ1) is 12.5. The Labute approximate surface area is 154 Å². The Bertz CT molecular complexity index is 631. The summed E-state index contributed by atoms with van der Waals surface area (Å²) in [6, 6.07) is 7.25. The van der Waals surface area contributed by atoms with Crippen LogP contribution in [0.4, 0.5) is 0 Å². The Morgan fingerprint density at radius 2 is 2.04 bits per heavy atom. The number of carbonyl (C=O) groups is 2. The van der Waals surface area contributed by atoms with Crippen LogP contribution in [0.2, 0.25) is 0 Å². The van der Waals surface area contributed by atoms with E-state index in [-0.39, 0.29) is 12.1 Å². The molecule has 0 amide bonds. The van der Waals surface area contributed by atoms with Crippen molar-refractivity contribution in [2.24, 2.45) is 0 Å². The molecule has 0 aromatic heterocycles. The Balaban J connectivity index is 1.95. The standard InChI is InChI=1S/C21H26O5/c1-4-6-7-8-9-20(26-19(22)5-2)24-17-12-10-16(11-13-17)18-14-15(3)21(23)25-18/h5,10-13,18,20H,2-4,6-9,14H2,1H3. The fraction of sp³-hybridized carbons (Fsp3) is 0.429. The second kappa shape index (κ2) is 9.80. The van der Waals surface area contributed by atoms with Crippen molar-refractivity contribution in [1.82, 2.24) is 0 Å². The van der Waals surface area contributed by atoms with Gasteiger partial charge in [0.05, 0.1) is 0 Å². The molecule has 1 heterocycles. The molecule has 1 aliphatic heterocycles. The number of rotatable bonds is 10. The molecule has 0 saturated carbocycles. The van der Waals surface area contributed by atoms with E-state index in [1.54, 1.807) is 12.1 Å². The van der Waals surface area contributed by atoms with Gasteiger partial charge in [-0.2, -0.15) is 0 Å². The second-order valence-corrected chi connectivity index (χ2v) is 6.31. The predicted octanol–water partition coefficient (Wildman–Crippen LogP) is 4.64. The second-order valence-electron chi connectivity index (χ2n) is 6.31. The average molecular weight is 358 g/mol. The quantitative estimate of drug-likeness (QED) is 0.264. The van der Waals surface area contributed by atoms with Crippen molar-refractivity contribution in [3.8, 4) is 5.75 Å². The van der Waals surface area contributed by atoms with E-state index in [2.05, 4.69) is 20.1 Å². The van der Waals surface area contributed by atoms with Crippen LogP contribution < -0.4 is 4.74 Å². The zero-order valence-electron chi connectivity index (χ0n) is 15.2. The number of unbranched alkanes of at least 4 members (excludes halogenated alkanes) is 3. The topological polar surface area (TPSA) is 61.8 Å². The van der Waals surface area contributed by atoms with E-state index in [1.807, 2.05) is 12.1 Å². The minimum absolute atomic E-state index is 0.299. The van der Waals surface area contributed by atoms with Crippen molar-refractivity contribution in [1.29, 1.82) is 0 Å². The van der Waals surface area contributed by atoms with E-state index in [0.29, 0.717) is 24.2 Å². The van der Waals surface area contributed by atoms with Crippen LogP contribution in [0.1, 0.15) is 57.1 Å². The molecule has 2 unspecified atom stereocenters. The molecule has 0 radical (unpaired) electrons. The van der Waals surface area contributed by atoms with Crippen molar-refractivity contribution < 1.29 is 23.8 Å². The third kappa shape index (κ3) is 5.76. The molecule has 2 atom stereocenters. The smallest absolute Gasteiger partial charge is 0.334 e. The van der Waals surface area contributed by atoms with Crippen LogP contribution in [-0.4, -0.2) is 18.2 Å². The normalized spacial score (nSPS) is 17.5. The fourth-order valence-corrected chi connectivity index (χ4v) is 2.72. The number of esters is 2. The number of benzene rings is 1. The molecular weight excluding hydrogens is 332 g/mol. The Morgan fingerprint density at radius 1 is 1.31 bits per heavy atom. The summed E-state index contributed by atoms with van der Waals surface area (Å²) in [5, 5.41) is 0. The van der Waals surface area contributed by atoms with E-state index in [0.717, 1.165) is 37.3 Å². The molecule has 5 nitrogen and oxygen atoms in total. The molecule has 0 bridgehead atoms. The Hall–Kier alpha value is -2.56. The van der Waals surface area contributed by atoms with Gasteiger partial charge < -0.3 is 14.2 Å². The molecule has 1 aromatic rings. The van der Waals surface area contributed by atoms with Crippen LogP contribution in [-0.2, 0) is 19.1 Å². The molecule has 2 rings (SSSR count). The highest BCUT2D eigenvalue weighted by atomic mass is 16.7. The maximum Gasteiger partial charge on any atom is 0.334 e. The third-order valence-corrected chi connectivity index (χ3v) is 4.20. The molecule has 1 fully saturated rings. The highest BCUT2D eigenvalue weighted by Gasteiger charge is 2.28. The molecule has 5 heteroatoms. The molecule has 0 spiro atoms. The van der Waals surface area contributed by atoms with Crippen molar-refractivity contribution in [2.75, 3.05) is 0 Å². The van der Waals surface area contributed by atoms with Gasteiger partial charge in [0.1, 0.15) is 11.9 Å². The molecule has 26 heavy (non-hydrogen) atoms. The Kier molecular flexibility index (Phi) is 7.45. The van der Waals surface area contributed by atoms with Gasteiger partial charge in [-0.05, 0) is 24.1 Å². The summed E-state index contributed by atoms with van der Waals surface area (Å²) in [6.07, 6.45) is 5.57. The lowest BCUT2D eigenvalue weighted by molar-refractivity contribution is -0.158. The van der Waals surface area contributed by atoms with E-state index in [1.165, 1.54) is 0 Å². The van der Waals surface area contributed by atoms with Crippen molar-refractivity contribution in [2.45, 2.75) is 57.8 Å². The Morgan fingerprint density at radius 3 is 2.62 bits per heavy atom. The summed E-state index contributed by atoms with van der Waals surface area (Å²) in [5.74, 6) is -0.258. The van der Waals surface area contributed by atoms with Gasteiger partial charge in [0.25, 0.3) is 0 Å². The minimum Gasteiger partial charge on any atom is -0.455 e. The van der Waals surface area contributed by atoms with Gasteiger partial charge in [0, 0.05) is 24.5 Å². The zero-order valence-corrected chi connectivity index (χ0v) is 15.2. The molecule has 1 saturated heterocycles. The van der Waals surface area contributed by atoms with Crippen molar-refractivity contribution in [3.63, 3.8) is 0 Å². The van der Waals surface area contributed by atoms with E-state index in [4.69, 9.17) is 14.2 Å². The summed E-state index contributed by atoms with van der Waals surface area (Å²) in [5.41, 5.74) is 1.37. The highest BCUT2D eigenvalue weighted by molar-refractivity contribution is 5.90. The highest BCUT2D eigenvalue weighted by Crippen LogP contribution is 2.33. The monoisotopic (exact) mass is 358 g/mol. The summed E-state index contributed by atoms with van der Waals surface area (Å²) >= 11 is 0. The van der Waals surface area contributed by atoms with E-state index < -0.39 is 12.3 Å². The van der Waals surface area contributed by atoms with Crippen LogP contribution in [0.5, 0.6) is 5.75 Å². The van der Waals surface area contributed by atoms with Crippen LogP contribution in [0.3, 0.4) is 0 Å². The van der Waals surface area contributed by atoms with Gasteiger partial charge in [0.15, 0.2) is 0 Å². The third-order valence-electron chi connectivity index (χ3n) is 4.20. The number of hydrogen-bond acceptors (Lipinski definition) is 5. The fourth-order valence-electron chi connectivity index (χ4n) is 2.72. The first-order valence-electron chi connectivity index (χ1n) is 9.02. The van der Waals surface area contributed by atoms with Crippen LogP contribution in [0.25, 0.3) is 0 Å². The van der Waals surface area contributed by atoms with Crippen molar-refractivity contribution in [3.05, 3.63) is 54.6 Å². The zero-order chi connectivity index (χ0) is 18.9. The SMILES string of the molecule is C=CC(=O)OC(CCCCCC)Oc1ccc(C2CC(=C)C(=O)O2)cc1. The van der Waals surface area contributed by atoms with Gasteiger partial charge >= 0.3 is 11.9 Å². The number of cyclic esters (lactones) is 1. The summed E-state index contributed by atoms with van der Waals surface area (Å²) in [7, 11) is 0. The minimum atomic E-state index is -0.646. The molecular formula is C21H26O5. The van der Waals surface area contributed by atoms with E-state index >= 15 is 0 Å². The average Bonchev–Trinajstić information content (AvgIpc) is 2.98. The van der Waals surface area contributed by atoms with Crippen LogP contribution in [0, 0.1) is 0 Å². The molecule has 140 valence electrons. The lowest BCUT2D eigenvalue weighted by Crippen LogP contribution is -2.23. The van der Waals surface area contributed by atoms with Crippen molar-refractivity contribution >= 4 is 11.9 Å². The van der Waals surface area contributed by atoms with Crippen LogP contribution in [0.15, 0.2) is 49.1 Å². The first-order valence-corrected chi connectivity index (χ1v) is 9.02. The van der Waals surface area contributed by atoms with Gasteiger partial charge in [-0.3, -0.25) is 0 Å². The maximum absolute atomic E-state index is 11.5. The first kappa shape index (κ1) is 19.8. The molecule has 0 aliphatic carbocycles. The largest absolute Gasteiger partial charge is 0.455 e. The molecule has 0 N–H and O–H groups in total.